The fourth-order valence-corrected chi connectivity index (χ4v) is 3.31. The summed E-state index contributed by atoms with van der Waals surface area (Å²) in [6.45, 7) is 3.87. The Hall–Kier alpha value is -2.86. The molecule has 1 saturated heterocycles. The van der Waals surface area contributed by atoms with Crippen LogP contribution in [-0.4, -0.2) is 54.4 Å². The molecule has 0 atom stereocenters. The summed E-state index contributed by atoms with van der Waals surface area (Å²) in [5.74, 6) is -0.442. The molecule has 7 heteroatoms. The molecule has 3 rings (SSSR count). The fourth-order valence-electron chi connectivity index (χ4n) is 3.13. The van der Waals surface area contributed by atoms with Gasteiger partial charge >= 0.3 is 0 Å². The van der Waals surface area contributed by atoms with Gasteiger partial charge in [-0.1, -0.05) is 29.8 Å². The fraction of sp³-hybridized carbons (Fsp3) is 0.273. The van der Waals surface area contributed by atoms with Gasteiger partial charge in [-0.25, -0.2) is 4.39 Å². The first-order chi connectivity index (χ1) is 14.0. The maximum Gasteiger partial charge on any atom is 0.257 e. The number of hydrogen-bond acceptors (Lipinski definition) is 3. The smallest absolute Gasteiger partial charge is 0.257 e. The minimum Gasteiger partial charge on any atom is -0.493 e. The highest BCUT2D eigenvalue weighted by Gasteiger charge is 2.25. The van der Waals surface area contributed by atoms with Gasteiger partial charge in [0.1, 0.15) is 11.6 Å². The van der Waals surface area contributed by atoms with Gasteiger partial charge in [-0.05, 0) is 37.3 Å². The van der Waals surface area contributed by atoms with E-state index >= 15 is 0 Å². The molecule has 1 aliphatic heterocycles. The molecule has 0 aliphatic carbocycles. The molecule has 0 spiro atoms. The molecular weight excluding hydrogens is 395 g/mol. The molecule has 0 N–H and O–H groups in total. The molecule has 2 aromatic carbocycles. The van der Waals surface area contributed by atoms with Gasteiger partial charge in [0.25, 0.3) is 5.91 Å². The molecule has 2 amide bonds. The second-order valence-electron chi connectivity index (χ2n) is 6.55. The average Bonchev–Trinajstić information content (AvgIpc) is 2.74. The third kappa shape index (κ3) is 5.15. The standard InChI is InChI=1S/C22H22ClFN2O3/c1-2-29-20-6-4-3-5-16(20)7-10-21(27)25-11-13-26(14-12-25)22(28)18-15-17(23)8-9-19(18)24/h3-10,15H,2,11-14H2,1H3. The molecule has 5 nitrogen and oxygen atoms in total. The Morgan fingerprint density at radius 1 is 1.10 bits per heavy atom. The van der Waals surface area contributed by atoms with Gasteiger partial charge in [0.15, 0.2) is 0 Å². The summed E-state index contributed by atoms with van der Waals surface area (Å²) in [6.07, 6.45) is 3.23. The van der Waals surface area contributed by atoms with Gasteiger partial charge in [-0.3, -0.25) is 9.59 Å². The van der Waals surface area contributed by atoms with Gasteiger partial charge in [0.05, 0.1) is 12.2 Å². The van der Waals surface area contributed by atoms with E-state index in [2.05, 4.69) is 0 Å². The predicted molar refractivity (Wildman–Crippen MR) is 111 cm³/mol. The lowest BCUT2D eigenvalue weighted by Gasteiger charge is -2.34. The summed E-state index contributed by atoms with van der Waals surface area (Å²) >= 11 is 5.87. The van der Waals surface area contributed by atoms with Gasteiger partial charge in [0, 0.05) is 42.8 Å². The zero-order chi connectivity index (χ0) is 20.8. The summed E-state index contributed by atoms with van der Waals surface area (Å²) in [6, 6.07) is 11.4. The SMILES string of the molecule is CCOc1ccccc1C=CC(=O)N1CCN(C(=O)c2cc(Cl)ccc2F)CC1. The van der Waals surface area contributed by atoms with Crippen molar-refractivity contribution in [2.24, 2.45) is 0 Å². The Balaban J connectivity index is 1.60. The van der Waals surface area contributed by atoms with Crippen molar-refractivity contribution in [3.8, 4) is 5.75 Å². The van der Waals surface area contributed by atoms with E-state index in [0.29, 0.717) is 37.8 Å². The number of ether oxygens (including phenoxy) is 1. The number of para-hydroxylation sites is 1. The third-order valence-corrected chi connectivity index (χ3v) is 4.90. The average molecular weight is 417 g/mol. The van der Waals surface area contributed by atoms with Gasteiger partial charge in [-0.15, -0.1) is 0 Å². The van der Waals surface area contributed by atoms with E-state index in [1.807, 2.05) is 31.2 Å². The first-order valence-electron chi connectivity index (χ1n) is 9.42. The minimum atomic E-state index is -0.603. The Morgan fingerprint density at radius 3 is 2.52 bits per heavy atom. The number of halogens is 2. The summed E-state index contributed by atoms with van der Waals surface area (Å²) in [5, 5.41) is 0.307. The molecule has 0 bridgehead atoms. The highest BCUT2D eigenvalue weighted by Crippen LogP contribution is 2.20. The monoisotopic (exact) mass is 416 g/mol. The molecule has 0 unspecified atom stereocenters. The van der Waals surface area contributed by atoms with E-state index in [9.17, 15) is 14.0 Å². The molecule has 152 valence electrons. The van der Waals surface area contributed by atoms with Crippen LogP contribution in [0.2, 0.25) is 5.02 Å². The van der Waals surface area contributed by atoms with Crippen molar-refractivity contribution in [2.75, 3.05) is 32.8 Å². The van der Waals surface area contributed by atoms with Crippen LogP contribution in [0.25, 0.3) is 6.08 Å². The summed E-state index contributed by atoms with van der Waals surface area (Å²) in [4.78, 5) is 28.3. The number of nitrogens with zero attached hydrogens (tertiary/aromatic N) is 2. The Labute approximate surface area is 174 Å². The lowest BCUT2D eigenvalue weighted by atomic mass is 10.1. The molecule has 1 aliphatic rings. The van der Waals surface area contributed by atoms with Crippen molar-refractivity contribution < 1.29 is 18.7 Å². The highest BCUT2D eigenvalue weighted by molar-refractivity contribution is 6.31. The van der Waals surface area contributed by atoms with Crippen molar-refractivity contribution in [2.45, 2.75) is 6.92 Å². The van der Waals surface area contributed by atoms with Crippen LogP contribution < -0.4 is 4.74 Å². The highest BCUT2D eigenvalue weighted by atomic mass is 35.5. The maximum atomic E-state index is 13.9. The zero-order valence-corrected chi connectivity index (χ0v) is 16.9. The molecule has 0 aromatic heterocycles. The molecule has 1 heterocycles. The Morgan fingerprint density at radius 2 is 1.79 bits per heavy atom. The predicted octanol–water partition coefficient (Wildman–Crippen LogP) is 3.88. The molecule has 2 aromatic rings. The lowest BCUT2D eigenvalue weighted by molar-refractivity contribution is -0.127. The summed E-state index contributed by atoms with van der Waals surface area (Å²) < 4.78 is 19.5. The van der Waals surface area contributed by atoms with Crippen LogP contribution in [0, 0.1) is 5.82 Å². The van der Waals surface area contributed by atoms with Crippen LogP contribution in [-0.2, 0) is 4.79 Å². The van der Waals surface area contributed by atoms with Crippen LogP contribution in [0.5, 0.6) is 5.75 Å². The van der Waals surface area contributed by atoms with E-state index in [1.54, 1.807) is 11.0 Å². The van der Waals surface area contributed by atoms with Gasteiger partial charge < -0.3 is 14.5 Å². The maximum absolute atomic E-state index is 13.9. The second kappa shape index (κ2) is 9.56. The van der Waals surface area contributed by atoms with E-state index in [-0.39, 0.29) is 11.5 Å². The molecule has 0 radical (unpaired) electrons. The number of benzene rings is 2. The molecule has 0 saturated carbocycles. The van der Waals surface area contributed by atoms with Crippen LogP contribution in [0.4, 0.5) is 4.39 Å². The minimum absolute atomic E-state index is 0.0512. The van der Waals surface area contributed by atoms with Crippen molar-refractivity contribution in [1.82, 2.24) is 9.80 Å². The first-order valence-corrected chi connectivity index (χ1v) is 9.80. The first kappa shape index (κ1) is 20.9. The van der Waals surface area contributed by atoms with Gasteiger partial charge in [-0.2, -0.15) is 0 Å². The van der Waals surface area contributed by atoms with Crippen LogP contribution in [0.3, 0.4) is 0 Å². The van der Waals surface area contributed by atoms with Crippen LogP contribution >= 0.6 is 11.6 Å². The number of piperazine rings is 1. The normalized spacial score (nSPS) is 14.3. The number of rotatable bonds is 5. The summed E-state index contributed by atoms with van der Waals surface area (Å²) in [7, 11) is 0. The van der Waals surface area contributed by atoms with Crippen LogP contribution in [0.15, 0.2) is 48.5 Å². The number of amides is 2. The largest absolute Gasteiger partial charge is 0.493 e. The third-order valence-electron chi connectivity index (χ3n) is 4.66. The van der Waals surface area contributed by atoms with Crippen molar-refractivity contribution >= 4 is 29.5 Å². The number of carbonyl (C=O) groups excluding carboxylic acids is 2. The Kier molecular flexibility index (Phi) is 6.88. The van der Waals surface area contributed by atoms with E-state index < -0.39 is 11.7 Å². The lowest BCUT2D eigenvalue weighted by Crippen LogP contribution is -2.50. The van der Waals surface area contributed by atoms with E-state index in [4.69, 9.17) is 16.3 Å². The van der Waals surface area contributed by atoms with E-state index in [0.717, 1.165) is 11.3 Å². The number of hydrogen-bond donors (Lipinski definition) is 0. The zero-order valence-electron chi connectivity index (χ0n) is 16.1. The summed E-state index contributed by atoms with van der Waals surface area (Å²) in [5.41, 5.74) is 0.776. The topological polar surface area (TPSA) is 49.9 Å². The van der Waals surface area contributed by atoms with Crippen LogP contribution in [0.1, 0.15) is 22.8 Å². The quantitative estimate of drug-likeness (QED) is 0.695. The van der Waals surface area contributed by atoms with Gasteiger partial charge in [0.2, 0.25) is 5.91 Å². The number of carbonyl (C=O) groups is 2. The molecule has 1 fully saturated rings. The Bertz CT molecular complexity index is 924. The molecule has 29 heavy (non-hydrogen) atoms. The molecular formula is C22H22ClFN2O3. The van der Waals surface area contributed by atoms with E-state index in [1.165, 1.54) is 29.2 Å². The van der Waals surface area contributed by atoms with Crippen molar-refractivity contribution in [1.29, 1.82) is 0 Å². The second-order valence-corrected chi connectivity index (χ2v) is 6.98. The van der Waals surface area contributed by atoms with Crippen molar-refractivity contribution in [3.63, 3.8) is 0 Å². The van der Waals surface area contributed by atoms with Crippen molar-refractivity contribution in [3.05, 3.63) is 70.5 Å².